The highest BCUT2D eigenvalue weighted by atomic mass is 16.2. The number of carbonyl (C=O) groups is 2. The molecule has 0 saturated carbocycles. The van der Waals surface area contributed by atoms with E-state index in [-0.39, 0.29) is 17.9 Å². The summed E-state index contributed by atoms with van der Waals surface area (Å²) < 4.78 is 0. The zero-order valence-electron chi connectivity index (χ0n) is 12.3. The van der Waals surface area contributed by atoms with Gasteiger partial charge in [0.1, 0.15) is 0 Å². The highest BCUT2D eigenvalue weighted by Gasteiger charge is 2.07. The molecule has 0 aromatic heterocycles. The van der Waals surface area contributed by atoms with Crippen molar-refractivity contribution in [1.82, 2.24) is 10.2 Å². The van der Waals surface area contributed by atoms with Crippen molar-refractivity contribution < 1.29 is 9.59 Å². The van der Waals surface area contributed by atoms with Gasteiger partial charge in [0.05, 0.1) is 0 Å². The number of hydrogen-bond donors (Lipinski definition) is 2. The molecule has 5 heteroatoms. The average molecular weight is 277 g/mol. The van der Waals surface area contributed by atoms with Crippen LogP contribution in [0.2, 0.25) is 0 Å². The van der Waals surface area contributed by atoms with E-state index in [4.69, 9.17) is 5.73 Å². The quantitative estimate of drug-likeness (QED) is 0.818. The maximum atomic E-state index is 11.7. The lowest BCUT2D eigenvalue weighted by Gasteiger charge is -2.11. The van der Waals surface area contributed by atoms with Gasteiger partial charge in [-0.1, -0.05) is 12.1 Å². The number of carbonyl (C=O) groups excluding carboxylic acids is 2. The van der Waals surface area contributed by atoms with Crippen LogP contribution < -0.4 is 11.1 Å². The summed E-state index contributed by atoms with van der Waals surface area (Å²) in [4.78, 5) is 24.8. The van der Waals surface area contributed by atoms with Gasteiger partial charge in [-0.05, 0) is 31.0 Å². The van der Waals surface area contributed by atoms with Crippen molar-refractivity contribution in [2.45, 2.75) is 32.4 Å². The van der Waals surface area contributed by atoms with E-state index >= 15 is 0 Å². The minimum absolute atomic E-state index is 0.00394. The summed E-state index contributed by atoms with van der Waals surface area (Å²) >= 11 is 0. The molecular weight excluding hydrogens is 254 g/mol. The Labute approximate surface area is 120 Å². The molecule has 1 aromatic carbocycles. The molecule has 0 heterocycles. The Balaban J connectivity index is 2.46. The molecule has 0 fully saturated rings. The van der Waals surface area contributed by atoms with Crippen LogP contribution in [-0.4, -0.2) is 36.9 Å². The summed E-state index contributed by atoms with van der Waals surface area (Å²) in [5.74, 6) is -0.0340. The second-order valence-corrected chi connectivity index (χ2v) is 5.19. The fraction of sp³-hybridized carbons (Fsp3) is 0.467. The van der Waals surface area contributed by atoms with E-state index in [2.05, 4.69) is 5.32 Å². The van der Waals surface area contributed by atoms with Crippen molar-refractivity contribution in [3.8, 4) is 0 Å². The molecule has 0 aliphatic carbocycles. The largest absolute Gasteiger partial charge is 0.352 e. The molecule has 0 aliphatic heterocycles. The lowest BCUT2D eigenvalue weighted by Crippen LogP contribution is -2.25. The van der Waals surface area contributed by atoms with Crippen LogP contribution in [-0.2, 0) is 11.3 Å². The van der Waals surface area contributed by atoms with Gasteiger partial charge >= 0.3 is 0 Å². The Morgan fingerprint density at radius 1 is 1.25 bits per heavy atom. The molecule has 0 spiro atoms. The van der Waals surface area contributed by atoms with E-state index in [9.17, 15) is 9.59 Å². The maximum absolute atomic E-state index is 11.7. The third-order valence-electron chi connectivity index (χ3n) is 2.92. The van der Waals surface area contributed by atoms with Crippen LogP contribution in [0, 0.1) is 0 Å². The van der Waals surface area contributed by atoms with Crippen LogP contribution in [0.1, 0.15) is 35.7 Å². The summed E-state index contributed by atoms with van der Waals surface area (Å²) in [6, 6.07) is 7.28. The molecule has 20 heavy (non-hydrogen) atoms. The standard InChI is InChI=1S/C15H23N3O2/c1-11(16)4-9-14(19)17-10-12-5-7-13(8-6-12)15(20)18(2)3/h5-8,11H,4,9-10,16H2,1-3H3,(H,17,19). The molecule has 0 bridgehead atoms. The molecule has 0 aliphatic rings. The van der Waals surface area contributed by atoms with Crippen LogP contribution in [0.5, 0.6) is 0 Å². The van der Waals surface area contributed by atoms with Crippen LogP contribution >= 0.6 is 0 Å². The molecule has 1 rings (SSSR count). The molecule has 1 unspecified atom stereocenters. The number of amides is 2. The van der Waals surface area contributed by atoms with Gasteiger partial charge in [0.25, 0.3) is 5.91 Å². The van der Waals surface area contributed by atoms with Gasteiger partial charge in [-0.25, -0.2) is 0 Å². The Morgan fingerprint density at radius 3 is 2.35 bits per heavy atom. The Morgan fingerprint density at radius 2 is 1.85 bits per heavy atom. The zero-order valence-corrected chi connectivity index (χ0v) is 12.3. The molecule has 2 amide bonds. The van der Waals surface area contributed by atoms with E-state index in [1.54, 1.807) is 26.2 Å². The highest BCUT2D eigenvalue weighted by Crippen LogP contribution is 2.06. The van der Waals surface area contributed by atoms with Crippen molar-refractivity contribution in [2.24, 2.45) is 5.73 Å². The molecule has 110 valence electrons. The van der Waals surface area contributed by atoms with Crippen LogP contribution in [0.3, 0.4) is 0 Å². The molecule has 3 N–H and O–H groups in total. The Kier molecular flexibility index (Phi) is 6.18. The number of hydrogen-bond acceptors (Lipinski definition) is 3. The van der Waals surface area contributed by atoms with E-state index < -0.39 is 0 Å². The van der Waals surface area contributed by atoms with Crippen LogP contribution in [0.25, 0.3) is 0 Å². The maximum Gasteiger partial charge on any atom is 0.253 e. The van der Waals surface area contributed by atoms with Gasteiger partial charge in [0.15, 0.2) is 0 Å². The first-order chi connectivity index (χ1) is 9.40. The number of rotatable bonds is 6. The average Bonchev–Trinajstić information content (AvgIpc) is 2.42. The third kappa shape index (κ3) is 5.40. The summed E-state index contributed by atoms with van der Waals surface area (Å²) in [7, 11) is 3.43. The van der Waals surface area contributed by atoms with Gasteiger partial charge in [0, 0.05) is 38.7 Å². The fourth-order valence-corrected chi connectivity index (χ4v) is 1.67. The van der Waals surface area contributed by atoms with Crippen molar-refractivity contribution in [3.05, 3.63) is 35.4 Å². The highest BCUT2D eigenvalue weighted by molar-refractivity contribution is 5.93. The number of benzene rings is 1. The second-order valence-electron chi connectivity index (χ2n) is 5.19. The predicted octanol–water partition coefficient (Wildman–Crippen LogP) is 1.13. The minimum atomic E-state index is -0.0301. The topological polar surface area (TPSA) is 75.4 Å². The fourth-order valence-electron chi connectivity index (χ4n) is 1.67. The normalized spacial score (nSPS) is 11.8. The van der Waals surface area contributed by atoms with Crippen LogP contribution in [0.15, 0.2) is 24.3 Å². The summed E-state index contributed by atoms with van der Waals surface area (Å²) in [6.07, 6.45) is 1.12. The first kappa shape index (κ1) is 16.2. The summed E-state index contributed by atoms with van der Waals surface area (Å²) in [5.41, 5.74) is 7.21. The summed E-state index contributed by atoms with van der Waals surface area (Å²) in [6.45, 7) is 2.35. The van der Waals surface area contributed by atoms with Crippen molar-refractivity contribution in [1.29, 1.82) is 0 Å². The first-order valence-corrected chi connectivity index (χ1v) is 6.73. The lowest BCUT2D eigenvalue weighted by atomic mass is 10.1. The van der Waals surface area contributed by atoms with Gasteiger partial charge in [-0.2, -0.15) is 0 Å². The van der Waals surface area contributed by atoms with Gasteiger partial charge in [-0.15, -0.1) is 0 Å². The zero-order chi connectivity index (χ0) is 15.1. The van der Waals surface area contributed by atoms with E-state index in [0.29, 0.717) is 24.9 Å². The third-order valence-corrected chi connectivity index (χ3v) is 2.92. The predicted molar refractivity (Wildman–Crippen MR) is 79.2 cm³/mol. The van der Waals surface area contributed by atoms with Crippen molar-refractivity contribution in [2.75, 3.05) is 14.1 Å². The van der Waals surface area contributed by atoms with E-state index in [1.165, 1.54) is 4.90 Å². The van der Waals surface area contributed by atoms with Gasteiger partial charge in [-0.3, -0.25) is 9.59 Å². The first-order valence-electron chi connectivity index (χ1n) is 6.73. The molecule has 0 saturated heterocycles. The summed E-state index contributed by atoms with van der Waals surface area (Å²) in [5, 5.41) is 2.84. The smallest absolute Gasteiger partial charge is 0.253 e. The van der Waals surface area contributed by atoms with Crippen molar-refractivity contribution >= 4 is 11.8 Å². The number of nitrogens with zero attached hydrogens (tertiary/aromatic N) is 1. The number of nitrogens with one attached hydrogen (secondary N) is 1. The Hall–Kier alpha value is -1.88. The molecular formula is C15H23N3O2. The molecule has 5 nitrogen and oxygen atoms in total. The molecule has 1 atom stereocenters. The SMILES string of the molecule is CC(N)CCC(=O)NCc1ccc(C(=O)N(C)C)cc1. The van der Waals surface area contributed by atoms with E-state index in [1.807, 2.05) is 19.1 Å². The second kappa shape index (κ2) is 7.65. The minimum Gasteiger partial charge on any atom is -0.352 e. The molecule has 1 aromatic rings. The van der Waals surface area contributed by atoms with Gasteiger partial charge < -0.3 is 16.0 Å². The van der Waals surface area contributed by atoms with Crippen LogP contribution in [0.4, 0.5) is 0 Å². The Bertz CT molecular complexity index is 453. The number of nitrogens with two attached hydrogens (primary N) is 1. The lowest BCUT2D eigenvalue weighted by molar-refractivity contribution is -0.121. The van der Waals surface area contributed by atoms with Gasteiger partial charge in [0.2, 0.25) is 5.91 Å². The van der Waals surface area contributed by atoms with E-state index in [0.717, 1.165) is 5.56 Å². The van der Waals surface area contributed by atoms with Crippen molar-refractivity contribution in [3.63, 3.8) is 0 Å². The molecule has 0 radical (unpaired) electrons. The monoisotopic (exact) mass is 277 g/mol.